The molecule has 0 aliphatic carbocycles. The second kappa shape index (κ2) is 10.5. The van der Waals surface area contributed by atoms with E-state index in [2.05, 4.69) is 5.32 Å². The number of benzene rings is 2. The molecular weight excluding hydrogens is 386 g/mol. The Morgan fingerprint density at radius 1 is 1.03 bits per heavy atom. The fourth-order valence-electron chi connectivity index (χ4n) is 2.94. The summed E-state index contributed by atoms with van der Waals surface area (Å²) in [5.74, 6) is -0.367. The van der Waals surface area contributed by atoms with Crippen LogP contribution in [0.15, 0.2) is 48.5 Å². The quantitative estimate of drug-likeness (QED) is 0.500. The van der Waals surface area contributed by atoms with E-state index in [1.807, 2.05) is 0 Å². The number of hydrogen-bond acceptors (Lipinski definition) is 6. The zero-order chi connectivity index (χ0) is 21.3. The van der Waals surface area contributed by atoms with Gasteiger partial charge in [0.15, 0.2) is 12.4 Å². The number of carbonyl (C=O) groups excluding carboxylic acids is 3. The van der Waals surface area contributed by atoms with Crippen molar-refractivity contribution in [3.8, 4) is 5.75 Å². The van der Waals surface area contributed by atoms with Crippen molar-refractivity contribution in [3.05, 3.63) is 59.7 Å². The van der Waals surface area contributed by atoms with Gasteiger partial charge in [0.2, 0.25) is 5.91 Å². The lowest BCUT2D eigenvalue weighted by Crippen LogP contribution is -2.16. The van der Waals surface area contributed by atoms with Crippen LogP contribution in [0.2, 0.25) is 0 Å². The van der Waals surface area contributed by atoms with Gasteiger partial charge in [-0.25, -0.2) is 4.79 Å². The molecule has 1 atom stereocenters. The monoisotopic (exact) mass is 411 g/mol. The molecular formula is C23H25NO6. The van der Waals surface area contributed by atoms with Crippen LogP contribution < -0.4 is 10.1 Å². The third-order valence-corrected chi connectivity index (χ3v) is 4.70. The van der Waals surface area contributed by atoms with Crippen molar-refractivity contribution in [1.82, 2.24) is 0 Å². The van der Waals surface area contributed by atoms with Gasteiger partial charge in [0.1, 0.15) is 12.4 Å². The molecule has 1 saturated heterocycles. The van der Waals surface area contributed by atoms with Gasteiger partial charge in [0, 0.05) is 24.3 Å². The average Bonchev–Trinajstić information content (AvgIpc) is 3.30. The molecule has 158 valence electrons. The van der Waals surface area contributed by atoms with E-state index in [1.165, 1.54) is 0 Å². The molecule has 2 aromatic carbocycles. The Kier molecular flexibility index (Phi) is 7.57. The van der Waals surface area contributed by atoms with E-state index in [4.69, 9.17) is 14.2 Å². The number of ketones is 1. The van der Waals surface area contributed by atoms with Crippen LogP contribution in [0.25, 0.3) is 0 Å². The summed E-state index contributed by atoms with van der Waals surface area (Å²) in [6, 6.07) is 13.0. The fraction of sp³-hybridized carbons (Fsp3) is 0.348. The zero-order valence-electron chi connectivity index (χ0n) is 16.9. The minimum Gasteiger partial charge on any atom is -0.491 e. The van der Waals surface area contributed by atoms with Crippen molar-refractivity contribution in [2.45, 2.75) is 32.3 Å². The molecule has 3 rings (SSSR count). The van der Waals surface area contributed by atoms with Crippen LogP contribution in [-0.4, -0.2) is 43.6 Å². The van der Waals surface area contributed by atoms with E-state index >= 15 is 0 Å². The maximum absolute atomic E-state index is 12.2. The van der Waals surface area contributed by atoms with Crippen LogP contribution in [-0.2, 0) is 14.3 Å². The van der Waals surface area contributed by atoms with Gasteiger partial charge in [0.25, 0.3) is 0 Å². The van der Waals surface area contributed by atoms with Crippen molar-refractivity contribution < 1.29 is 28.6 Å². The first kappa shape index (κ1) is 21.5. The van der Waals surface area contributed by atoms with Crippen LogP contribution in [0, 0.1) is 0 Å². The third kappa shape index (κ3) is 6.15. The standard InChI is InChI=1S/C23H25NO6/c1-2-22(26)24-18-9-5-16(6-10-18)21(25)15-30-23(27)17-7-11-19(12-8-17)29-14-20-4-3-13-28-20/h5-12,20H,2-4,13-15H2,1H3,(H,24,26)/t20-/m1/s1. The number of carbonyl (C=O) groups is 3. The van der Waals surface area contributed by atoms with Crippen LogP contribution in [0.1, 0.15) is 46.9 Å². The summed E-state index contributed by atoms with van der Waals surface area (Å²) in [7, 11) is 0. The van der Waals surface area contributed by atoms with Gasteiger partial charge in [0.05, 0.1) is 11.7 Å². The molecule has 0 aromatic heterocycles. The van der Waals surface area contributed by atoms with E-state index in [0.717, 1.165) is 19.4 Å². The van der Waals surface area contributed by atoms with Crippen molar-refractivity contribution in [2.24, 2.45) is 0 Å². The SMILES string of the molecule is CCC(=O)Nc1ccc(C(=O)COC(=O)c2ccc(OC[C@H]3CCCO3)cc2)cc1. The number of anilines is 1. The molecule has 1 aliphatic heterocycles. The number of ether oxygens (including phenoxy) is 3. The lowest BCUT2D eigenvalue weighted by atomic mass is 10.1. The van der Waals surface area contributed by atoms with Crippen LogP contribution >= 0.6 is 0 Å². The van der Waals surface area contributed by atoms with E-state index in [-0.39, 0.29) is 24.4 Å². The van der Waals surface area contributed by atoms with E-state index in [0.29, 0.717) is 35.6 Å². The highest BCUT2D eigenvalue weighted by atomic mass is 16.5. The molecule has 7 heteroatoms. The molecule has 0 unspecified atom stereocenters. The van der Waals surface area contributed by atoms with E-state index in [1.54, 1.807) is 55.5 Å². The molecule has 0 bridgehead atoms. The maximum Gasteiger partial charge on any atom is 0.338 e. The van der Waals surface area contributed by atoms with Crippen molar-refractivity contribution in [1.29, 1.82) is 0 Å². The average molecular weight is 411 g/mol. The lowest BCUT2D eigenvalue weighted by Gasteiger charge is -2.11. The lowest BCUT2D eigenvalue weighted by molar-refractivity contribution is -0.115. The van der Waals surface area contributed by atoms with Gasteiger partial charge in [-0.2, -0.15) is 0 Å². The van der Waals surface area contributed by atoms with Gasteiger partial charge >= 0.3 is 5.97 Å². The molecule has 0 saturated carbocycles. The summed E-state index contributed by atoms with van der Waals surface area (Å²) < 4.78 is 16.3. The van der Waals surface area contributed by atoms with Gasteiger partial charge in [-0.15, -0.1) is 0 Å². The number of nitrogens with one attached hydrogen (secondary N) is 1. The van der Waals surface area contributed by atoms with Crippen molar-refractivity contribution in [3.63, 3.8) is 0 Å². The minimum atomic E-state index is -0.583. The number of amides is 1. The fourth-order valence-corrected chi connectivity index (χ4v) is 2.94. The molecule has 0 spiro atoms. The highest BCUT2D eigenvalue weighted by molar-refractivity contribution is 6.00. The molecule has 1 N–H and O–H groups in total. The molecule has 1 heterocycles. The summed E-state index contributed by atoms with van der Waals surface area (Å²) in [6.07, 6.45) is 2.54. The topological polar surface area (TPSA) is 90.9 Å². The van der Waals surface area contributed by atoms with Gasteiger partial charge in [-0.05, 0) is 61.4 Å². The minimum absolute atomic E-state index is 0.105. The predicted molar refractivity (Wildman–Crippen MR) is 111 cm³/mol. The number of hydrogen-bond donors (Lipinski definition) is 1. The number of esters is 1. The molecule has 1 fully saturated rings. The Labute approximate surface area is 175 Å². The predicted octanol–water partition coefficient (Wildman–Crippen LogP) is 3.63. The van der Waals surface area contributed by atoms with Gasteiger partial charge in [-0.1, -0.05) is 6.92 Å². The Balaban J connectivity index is 1.46. The maximum atomic E-state index is 12.2. The van der Waals surface area contributed by atoms with Crippen molar-refractivity contribution in [2.75, 3.05) is 25.1 Å². The molecule has 2 aromatic rings. The first-order chi connectivity index (χ1) is 14.5. The highest BCUT2D eigenvalue weighted by Crippen LogP contribution is 2.17. The number of rotatable bonds is 9. The Morgan fingerprint density at radius 2 is 1.73 bits per heavy atom. The summed E-state index contributed by atoms with van der Waals surface area (Å²) in [5.41, 5.74) is 1.34. The van der Waals surface area contributed by atoms with Gasteiger partial charge in [-0.3, -0.25) is 9.59 Å². The summed E-state index contributed by atoms with van der Waals surface area (Å²) in [5, 5.41) is 2.71. The van der Waals surface area contributed by atoms with Gasteiger partial charge < -0.3 is 19.5 Å². The summed E-state index contributed by atoms with van der Waals surface area (Å²) >= 11 is 0. The normalized spacial score (nSPS) is 15.4. The first-order valence-electron chi connectivity index (χ1n) is 10.00. The largest absolute Gasteiger partial charge is 0.491 e. The van der Waals surface area contributed by atoms with Crippen LogP contribution in [0.5, 0.6) is 5.75 Å². The van der Waals surface area contributed by atoms with Crippen molar-refractivity contribution >= 4 is 23.3 Å². The second-order valence-corrected chi connectivity index (χ2v) is 6.95. The second-order valence-electron chi connectivity index (χ2n) is 6.95. The zero-order valence-corrected chi connectivity index (χ0v) is 16.9. The molecule has 30 heavy (non-hydrogen) atoms. The highest BCUT2D eigenvalue weighted by Gasteiger charge is 2.16. The molecule has 1 aliphatic rings. The molecule has 7 nitrogen and oxygen atoms in total. The number of Topliss-reactive ketones (excluding diaryl/α,β-unsaturated/α-hetero) is 1. The molecule has 1 amide bonds. The van der Waals surface area contributed by atoms with Crippen LogP contribution in [0.3, 0.4) is 0 Å². The van der Waals surface area contributed by atoms with E-state index < -0.39 is 5.97 Å². The third-order valence-electron chi connectivity index (χ3n) is 4.70. The summed E-state index contributed by atoms with van der Waals surface area (Å²) in [6.45, 7) is 2.65. The van der Waals surface area contributed by atoms with E-state index in [9.17, 15) is 14.4 Å². The molecule has 0 radical (unpaired) electrons. The van der Waals surface area contributed by atoms with Crippen LogP contribution in [0.4, 0.5) is 5.69 Å². The Bertz CT molecular complexity index is 870. The Hall–Kier alpha value is -3.19. The summed E-state index contributed by atoms with van der Waals surface area (Å²) in [4.78, 5) is 35.8. The smallest absolute Gasteiger partial charge is 0.338 e. The Morgan fingerprint density at radius 3 is 2.37 bits per heavy atom. The first-order valence-corrected chi connectivity index (χ1v) is 10.00.